The molecule has 1 aliphatic heterocycles. The second-order valence-corrected chi connectivity index (χ2v) is 3.88. The van der Waals surface area contributed by atoms with E-state index in [1.807, 2.05) is 12.2 Å². The minimum Gasteiger partial charge on any atom is -0.492 e. The highest BCUT2D eigenvalue weighted by Gasteiger charge is 2.27. The van der Waals surface area contributed by atoms with Crippen LogP contribution in [-0.4, -0.2) is 25.5 Å². The van der Waals surface area contributed by atoms with Crippen LogP contribution < -0.4 is 11.1 Å². The second-order valence-electron chi connectivity index (χ2n) is 3.88. The molecule has 1 unspecified atom stereocenters. The van der Waals surface area contributed by atoms with E-state index >= 15 is 0 Å². The molecule has 3 N–H and O–H groups in total. The number of hydrogen-bond acceptors (Lipinski definition) is 4. The van der Waals surface area contributed by atoms with Gasteiger partial charge in [-0.15, -0.1) is 0 Å². The number of nitrogens with one attached hydrogen (secondary N) is 1. The number of morpholine rings is 1. The highest BCUT2D eigenvalue weighted by molar-refractivity contribution is 5.27. The van der Waals surface area contributed by atoms with E-state index in [2.05, 4.69) is 12.2 Å². The lowest BCUT2D eigenvalue weighted by atomic mass is 10.0. The third-order valence-electron chi connectivity index (χ3n) is 2.55. The Kier molecular flexibility index (Phi) is 3.28. The SMILES string of the molecule is CCCO[C@H]1COC2=CC(N)=CCC2N1. The van der Waals surface area contributed by atoms with E-state index in [0.29, 0.717) is 6.61 Å². The highest BCUT2D eigenvalue weighted by Crippen LogP contribution is 2.21. The fraction of sp³-hybridized carbons (Fsp3) is 0.636. The molecule has 1 heterocycles. The summed E-state index contributed by atoms with van der Waals surface area (Å²) in [6.07, 6.45) is 5.81. The first-order valence-electron chi connectivity index (χ1n) is 5.47. The molecule has 1 aliphatic carbocycles. The maximum Gasteiger partial charge on any atom is 0.143 e. The molecule has 15 heavy (non-hydrogen) atoms. The van der Waals surface area contributed by atoms with Gasteiger partial charge >= 0.3 is 0 Å². The molecule has 1 saturated heterocycles. The van der Waals surface area contributed by atoms with Crippen LogP contribution >= 0.6 is 0 Å². The predicted octanol–water partition coefficient (Wildman–Crippen LogP) is 0.858. The van der Waals surface area contributed by atoms with Gasteiger partial charge in [0.1, 0.15) is 18.6 Å². The summed E-state index contributed by atoms with van der Waals surface area (Å²) in [6, 6.07) is 0.230. The number of nitrogens with two attached hydrogens (primary N) is 1. The van der Waals surface area contributed by atoms with Crippen molar-refractivity contribution in [1.29, 1.82) is 0 Å². The number of ether oxygens (including phenoxy) is 2. The van der Waals surface area contributed by atoms with Crippen LogP contribution in [-0.2, 0) is 9.47 Å². The summed E-state index contributed by atoms with van der Waals surface area (Å²) in [6.45, 7) is 3.43. The molecule has 4 heteroatoms. The van der Waals surface area contributed by atoms with Crippen molar-refractivity contribution in [1.82, 2.24) is 5.32 Å². The standard InChI is InChI=1S/C11H18N2O2/c1-2-5-14-11-7-15-10-6-8(12)3-4-9(10)13-11/h3,6,9,11,13H,2,4-5,7,12H2,1H3/t9?,11-/m0/s1. The zero-order valence-electron chi connectivity index (χ0n) is 9.03. The van der Waals surface area contributed by atoms with Crippen molar-refractivity contribution in [3.63, 3.8) is 0 Å². The van der Waals surface area contributed by atoms with Crippen LogP contribution in [0.15, 0.2) is 23.6 Å². The van der Waals surface area contributed by atoms with Crippen LogP contribution in [0, 0.1) is 0 Å². The minimum absolute atomic E-state index is 0.0137. The van der Waals surface area contributed by atoms with Crippen molar-refractivity contribution in [3.8, 4) is 0 Å². The topological polar surface area (TPSA) is 56.5 Å². The molecule has 0 radical (unpaired) electrons. The maximum absolute atomic E-state index is 5.70. The van der Waals surface area contributed by atoms with Gasteiger partial charge in [0.25, 0.3) is 0 Å². The van der Waals surface area contributed by atoms with Gasteiger partial charge in [-0.3, -0.25) is 5.32 Å². The fourth-order valence-corrected chi connectivity index (χ4v) is 1.79. The van der Waals surface area contributed by atoms with Crippen LogP contribution in [0.3, 0.4) is 0 Å². The zero-order valence-corrected chi connectivity index (χ0v) is 9.03. The molecule has 0 aromatic heterocycles. The molecule has 0 spiro atoms. The van der Waals surface area contributed by atoms with Gasteiger partial charge in [-0.1, -0.05) is 13.0 Å². The largest absolute Gasteiger partial charge is 0.492 e. The third kappa shape index (κ3) is 2.52. The van der Waals surface area contributed by atoms with Gasteiger partial charge in [-0.2, -0.15) is 0 Å². The molecule has 2 atom stereocenters. The molecular formula is C11H18N2O2. The maximum atomic E-state index is 5.70. The molecule has 0 bridgehead atoms. The van der Waals surface area contributed by atoms with Gasteiger partial charge in [0, 0.05) is 18.4 Å². The molecule has 0 aromatic carbocycles. The average Bonchev–Trinajstić information content (AvgIpc) is 2.26. The summed E-state index contributed by atoms with van der Waals surface area (Å²) in [7, 11) is 0. The number of allylic oxidation sites excluding steroid dienone is 1. The Hall–Kier alpha value is -1.00. The van der Waals surface area contributed by atoms with Crippen LogP contribution in [0.2, 0.25) is 0 Å². The molecule has 2 aliphatic rings. The summed E-state index contributed by atoms with van der Waals surface area (Å²) in [5, 5.41) is 3.40. The molecule has 0 saturated carbocycles. The Bertz CT molecular complexity index is 286. The van der Waals surface area contributed by atoms with Gasteiger partial charge in [0.2, 0.25) is 0 Å². The Labute approximate surface area is 90.1 Å². The van der Waals surface area contributed by atoms with Gasteiger partial charge < -0.3 is 15.2 Å². The van der Waals surface area contributed by atoms with Gasteiger partial charge in [0.05, 0.1) is 6.04 Å². The average molecular weight is 210 g/mol. The first kappa shape index (κ1) is 10.5. The Morgan fingerprint density at radius 1 is 1.67 bits per heavy atom. The zero-order chi connectivity index (χ0) is 10.7. The summed E-state index contributed by atoms with van der Waals surface area (Å²) < 4.78 is 11.2. The van der Waals surface area contributed by atoms with E-state index in [1.165, 1.54) is 0 Å². The van der Waals surface area contributed by atoms with Crippen molar-refractivity contribution < 1.29 is 9.47 Å². The number of rotatable bonds is 3. The molecule has 1 fully saturated rings. The third-order valence-corrected chi connectivity index (χ3v) is 2.55. The van der Waals surface area contributed by atoms with E-state index in [9.17, 15) is 0 Å². The monoisotopic (exact) mass is 210 g/mol. The van der Waals surface area contributed by atoms with E-state index in [0.717, 1.165) is 30.9 Å². The fourth-order valence-electron chi connectivity index (χ4n) is 1.79. The van der Waals surface area contributed by atoms with Crippen molar-refractivity contribution in [2.75, 3.05) is 13.2 Å². The van der Waals surface area contributed by atoms with E-state index in [-0.39, 0.29) is 12.3 Å². The van der Waals surface area contributed by atoms with E-state index < -0.39 is 0 Å². The van der Waals surface area contributed by atoms with Gasteiger partial charge in [-0.05, 0) is 12.8 Å². The minimum atomic E-state index is 0.0137. The van der Waals surface area contributed by atoms with Crippen molar-refractivity contribution in [2.45, 2.75) is 32.0 Å². The molecule has 2 rings (SSSR count). The summed E-state index contributed by atoms with van der Waals surface area (Å²) in [4.78, 5) is 0. The van der Waals surface area contributed by atoms with Gasteiger partial charge in [-0.25, -0.2) is 0 Å². The van der Waals surface area contributed by atoms with E-state index in [1.54, 1.807) is 0 Å². The van der Waals surface area contributed by atoms with Gasteiger partial charge in [0.15, 0.2) is 0 Å². The number of hydrogen-bond donors (Lipinski definition) is 2. The second kappa shape index (κ2) is 4.68. The normalized spacial score (nSPS) is 29.9. The lowest BCUT2D eigenvalue weighted by molar-refractivity contribution is -0.0518. The predicted molar refractivity (Wildman–Crippen MR) is 57.9 cm³/mol. The summed E-state index contributed by atoms with van der Waals surface area (Å²) in [5.41, 5.74) is 6.49. The molecule has 84 valence electrons. The smallest absolute Gasteiger partial charge is 0.143 e. The quantitative estimate of drug-likeness (QED) is 0.725. The lowest BCUT2D eigenvalue weighted by Crippen LogP contribution is -2.49. The molecular weight excluding hydrogens is 192 g/mol. The Morgan fingerprint density at radius 2 is 2.53 bits per heavy atom. The Morgan fingerprint density at radius 3 is 3.33 bits per heavy atom. The molecule has 0 aromatic rings. The summed E-state index contributed by atoms with van der Waals surface area (Å²) in [5.74, 6) is 0.936. The van der Waals surface area contributed by atoms with Crippen molar-refractivity contribution >= 4 is 0 Å². The number of fused-ring (bicyclic) bond motifs is 1. The first-order valence-corrected chi connectivity index (χ1v) is 5.47. The van der Waals surface area contributed by atoms with Crippen LogP contribution in [0.25, 0.3) is 0 Å². The van der Waals surface area contributed by atoms with E-state index in [4.69, 9.17) is 15.2 Å². The lowest BCUT2D eigenvalue weighted by Gasteiger charge is -2.34. The van der Waals surface area contributed by atoms with Crippen molar-refractivity contribution in [2.24, 2.45) is 5.73 Å². The Balaban J connectivity index is 1.89. The first-order chi connectivity index (χ1) is 7.29. The van der Waals surface area contributed by atoms with Crippen LogP contribution in [0.5, 0.6) is 0 Å². The molecule has 0 amide bonds. The summed E-state index contributed by atoms with van der Waals surface area (Å²) >= 11 is 0. The van der Waals surface area contributed by atoms with Crippen molar-refractivity contribution in [3.05, 3.63) is 23.6 Å². The highest BCUT2D eigenvalue weighted by atomic mass is 16.5. The van der Waals surface area contributed by atoms with Crippen LogP contribution in [0.4, 0.5) is 0 Å². The molecule has 4 nitrogen and oxygen atoms in total. The van der Waals surface area contributed by atoms with Crippen LogP contribution in [0.1, 0.15) is 19.8 Å².